The monoisotopic (exact) mass is 574 g/mol. The summed E-state index contributed by atoms with van der Waals surface area (Å²) in [6, 6.07) is 16.2. The molecule has 0 amide bonds. The Bertz CT molecular complexity index is 1240. The van der Waals surface area contributed by atoms with Crippen molar-refractivity contribution in [2.24, 2.45) is 11.5 Å². The first-order chi connectivity index (χ1) is 15.8. The van der Waals surface area contributed by atoms with Gasteiger partial charge >= 0.3 is 0 Å². The molecular weight excluding hydrogens is 544 g/mol. The molecule has 1 heterocycles. The third-order valence-electron chi connectivity index (χ3n) is 4.24. The maximum atomic E-state index is 12.2. The fourth-order valence-electron chi connectivity index (χ4n) is 2.77. The Labute approximate surface area is 227 Å². The Morgan fingerprint density at radius 2 is 1.53 bits per heavy atom. The first-order valence-electron chi connectivity index (χ1n) is 9.56. The highest BCUT2D eigenvalue weighted by Gasteiger charge is 2.22. The predicted octanol–water partition coefficient (Wildman–Crippen LogP) is 5.35. The smallest absolute Gasteiger partial charge is 0.251 e. The number of aliphatic hydroxyl groups is 2. The number of sulfone groups is 1. The number of allylic oxidation sites excluding steroid dienone is 1. The van der Waals surface area contributed by atoms with Gasteiger partial charge in [0.2, 0.25) is 0 Å². The fourth-order valence-corrected chi connectivity index (χ4v) is 3.78. The molecule has 2 aromatic carbocycles. The highest BCUT2D eigenvalue weighted by Crippen LogP contribution is 2.40. The zero-order valence-electron chi connectivity index (χ0n) is 18.9. The van der Waals surface area contributed by atoms with Crippen LogP contribution in [-0.2, 0) is 9.84 Å². The van der Waals surface area contributed by atoms with Crippen LogP contribution in [0.5, 0.6) is 0 Å². The van der Waals surface area contributed by atoms with Crippen molar-refractivity contribution in [1.29, 1.82) is 0 Å². The molecule has 0 fully saturated rings. The van der Waals surface area contributed by atoms with Gasteiger partial charge in [-0.1, -0.05) is 56.3 Å². The Morgan fingerprint density at radius 1 is 1.06 bits per heavy atom. The maximum Gasteiger partial charge on any atom is 0.251 e. The van der Waals surface area contributed by atoms with E-state index in [-0.39, 0.29) is 23.7 Å². The summed E-state index contributed by atoms with van der Waals surface area (Å²) in [5.74, 6) is 1.25. The third kappa shape index (κ3) is 11.2. The average Bonchev–Trinajstić information content (AvgIpc) is 3.17. The Morgan fingerprint density at radius 3 is 1.97 bits per heavy atom. The van der Waals surface area contributed by atoms with E-state index < -0.39 is 20.2 Å². The van der Waals surface area contributed by atoms with E-state index >= 15 is 0 Å². The summed E-state index contributed by atoms with van der Waals surface area (Å²) in [7, 11) is -3.41. The lowest BCUT2D eigenvalue weighted by atomic mass is 10.0. The van der Waals surface area contributed by atoms with Crippen LogP contribution in [0.2, 0.25) is 5.02 Å². The van der Waals surface area contributed by atoms with Gasteiger partial charge in [0.05, 0.1) is 4.90 Å². The molecule has 3 rings (SSSR count). The summed E-state index contributed by atoms with van der Waals surface area (Å²) < 4.78 is 30.6. The van der Waals surface area contributed by atoms with Gasteiger partial charge in [0.1, 0.15) is 11.5 Å². The number of thiocarbonyl (C=S) groups is 2. The van der Waals surface area contributed by atoms with Gasteiger partial charge in [-0.3, -0.25) is 0 Å². The minimum atomic E-state index is -3.41. The number of furan rings is 1. The van der Waals surface area contributed by atoms with Crippen LogP contribution in [0, 0.1) is 0 Å². The lowest BCUT2D eigenvalue weighted by molar-refractivity contribution is 0.511. The third-order valence-corrected chi connectivity index (χ3v) is 5.65. The number of rotatable bonds is 5. The van der Waals surface area contributed by atoms with E-state index in [2.05, 4.69) is 42.5 Å². The van der Waals surface area contributed by atoms with Crippen LogP contribution in [0.1, 0.15) is 26.0 Å². The van der Waals surface area contributed by atoms with Crippen LogP contribution < -0.4 is 11.5 Å². The lowest BCUT2D eigenvalue weighted by Crippen LogP contribution is -2.03. The molecule has 1 unspecified atom stereocenters. The zero-order chi connectivity index (χ0) is 26.1. The number of hydrogen-bond donors (Lipinski definition) is 4. The van der Waals surface area contributed by atoms with Crippen LogP contribution in [0.3, 0.4) is 0 Å². The normalized spacial score (nSPS) is 10.5. The van der Waals surface area contributed by atoms with Crippen molar-refractivity contribution in [2.75, 3.05) is 6.26 Å². The summed E-state index contributed by atoms with van der Waals surface area (Å²) in [4.78, 5) is 0.238. The molecule has 36 heavy (non-hydrogen) atoms. The summed E-state index contributed by atoms with van der Waals surface area (Å²) >= 11 is 13.7. The van der Waals surface area contributed by atoms with Crippen molar-refractivity contribution in [3.8, 4) is 22.5 Å². The lowest BCUT2D eigenvalue weighted by Gasteiger charge is -2.08. The molecule has 0 radical (unpaired) electrons. The molecule has 0 aliphatic heterocycles. The molecule has 0 aliphatic rings. The first kappa shape index (κ1) is 35.2. The van der Waals surface area contributed by atoms with Gasteiger partial charge in [-0.05, 0) is 60.3 Å². The van der Waals surface area contributed by atoms with E-state index in [0.717, 1.165) is 16.9 Å². The molecule has 12 heteroatoms. The van der Waals surface area contributed by atoms with E-state index in [4.69, 9.17) is 26.2 Å². The van der Waals surface area contributed by atoms with Crippen molar-refractivity contribution in [3.63, 3.8) is 0 Å². The van der Waals surface area contributed by atoms with Gasteiger partial charge in [0.15, 0.2) is 9.84 Å². The summed E-state index contributed by atoms with van der Waals surface area (Å²) in [6.07, 6.45) is 2.99. The van der Waals surface area contributed by atoms with E-state index in [9.17, 15) is 8.42 Å². The number of hydrogen-bond acceptors (Lipinski definition) is 5. The second-order valence-electron chi connectivity index (χ2n) is 6.87. The van der Waals surface area contributed by atoms with Gasteiger partial charge in [-0.15, -0.1) is 6.58 Å². The SMILES string of the molecule is C.C=CC(C)c1cc(-c2ccc(Cl)cc2)c(-c2ccccc2S(C)(=O)=O)o1.NC(O)=S.NC(O)=S.O. The van der Waals surface area contributed by atoms with Crippen molar-refractivity contribution in [3.05, 3.63) is 78.0 Å². The minimum Gasteiger partial charge on any atom is -0.487 e. The van der Waals surface area contributed by atoms with Gasteiger partial charge in [0.25, 0.3) is 10.3 Å². The minimum absolute atomic E-state index is 0. The number of nitrogens with two attached hydrogens (primary N) is 2. The number of halogens is 1. The van der Waals surface area contributed by atoms with E-state index in [1.807, 2.05) is 25.1 Å². The molecule has 0 saturated carbocycles. The Balaban J connectivity index is 0. The summed E-state index contributed by atoms with van der Waals surface area (Å²) in [5.41, 5.74) is 11.1. The van der Waals surface area contributed by atoms with E-state index in [1.165, 1.54) is 6.26 Å². The molecule has 0 spiro atoms. The summed E-state index contributed by atoms with van der Waals surface area (Å²) in [5, 5.41) is 14.8. The maximum absolute atomic E-state index is 12.2. The fraction of sp³-hybridized carbons (Fsp3) is 0.167. The topological polar surface area (TPSA) is 171 Å². The predicted molar refractivity (Wildman–Crippen MR) is 155 cm³/mol. The molecular formula is C24H31ClN2O6S3. The second-order valence-corrected chi connectivity index (χ2v) is 10.1. The first-order valence-corrected chi connectivity index (χ1v) is 12.6. The van der Waals surface area contributed by atoms with Gasteiger partial charge in [0, 0.05) is 28.3 Å². The van der Waals surface area contributed by atoms with Gasteiger partial charge < -0.3 is 31.6 Å². The molecule has 198 valence electrons. The molecule has 0 aliphatic carbocycles. The molecule has 0 saturated heterocycles. The molecule has 8 nitrogen and oxygen atoms in total. The van der Waals surface area contributed by atoms with Crippen molar-refractivity contribution < 1.29 is 28.5 Å². The second kappa shape index (κ2) is 15.9. The molecule has 8 N–H and O–H groups in total. The van der Waals surface area contributed by atoms with Crippen LogP contribution in [-0.4, -0.2) is 40.7 Å². The molecule has 3 aromatic rings. The number of benzene rings is 2. The van der Waals surface area contributed by atoms with Gasteiger partial charge in [-0.25, -0.2) is 8.42 Å². The largest absolute Gasteiger partial charge is 0.487 e. The van der Waals surface area contributed by atoms with Gasteiger partial charge in [-0.2, -0.15) is 0 Å². The molecule has 1 atom stereocenters. The van der Waals surface area contributed by atoms with E-state index in [0.29, 0.717) is 16.3 Å². The highest BCUT2D eigenvalue weighted by molar-refractivity contribution is 7.90. The average molecular weight is 575 g/mol. The molecule has 0 bridgehead atoms. The van der Waals surface area contributed by atoms with Crippen LogP contribution in [0.15, 0.2) is 76.6 Å². The summed E-state index contributed by atoms with van der Waals surface area (Å²) in [6.45, 7) is 5.79. The van der Waals surface area contributed by atoms with E-state index in [1.54, 1.807) is 42.5 Å². The quantitative estimate of drug-likeness (QED) is 0.231. The van der Waals surface area contributed by atoms with Crippen molar-refractivity contribution in [2.45, 2.75) is 25.2 Å². The molecule has 1 aromatic heterocycles. The van der Waals surface area contributed by atoms with Crippen LogP contribution >= 0.6 is 36.0 Å². The van der Waals surface area contributed by atoms with Crippen LogP contribution in [0.4, 0.5) is 0 Å². The van der Waals surface area contributed by atoms with Crippen LogP contribution in [0.25, 0.3) is 22.5 Å². The standard InChI is InChI=1S/C21H19ClO3S.2CH3NOS.CH4.H2O/c1-4-14(2)19-13-18(15-9-11-16(22)12-10-15)21(25-19)17-7-5-6-8-20(17)26(3,23)24;2*2-1(3)4;;/h4-14H,1H2,2-3H3;2*(H3,2,3,4);1H4;1H2. The zero-order valence-corrected chi connectivity index (χ0v) is 22.1. The highest BCUT2D eigenvalue weighted by atomic mass is 35.5. The Kier molecular flexibility index (Phi) is 15.6. The number of aliphatic hydroxyl groups excluding tert-OH is 2. The Hall–Kier alpha value is -2.96. The van der Waals surface area contributed by atoms with Crippen molar-refractivity contribution >= 4 is 56.2 Å². The van der Waals surface area contributed by atoms with Crippen molar-refractivity contribution in [1.82, 2.24) is 0 Å².